The van der Waals surface area contributed by atoms with E-state index < -0.39 is 0 Å². The molecule has 0 radical (unpaired) electrons. The van der Waals surface area contributed by atoms with Gasteiger partial charge in [-0.05, 0) is 0 Å². The maximum atomic E-state index is 10.9. The molecule has 0 aliphatic heterocycles. The number of halogens is 1. The zero-order valence-electron chi connectivity index (χ0n) is 8.02. The molecule has 0 fully saturated rings. The monoisotopic (exact) mass is 299 g/mol. The molecule has 0 spiro atoms. The minimum absolute atomic E-state index is 0.0788. The number of alkyl halides is 1. The van der Waals surface area contributed by atoms with E-state index in [1.54, 1.807) is 6.92 Å². The molecule has 0 saturated heterocycles. The van der Waals surface area contributed by atoms with Gasteiger partial charge in [-0.1, -0.05) is 0 Å². The van der Waals surface area contributed by atoms with Crippen LogP contribution < -0.4 is 30.5 Å². The minimum atomic E-state index is -0.309. The summed E-state index contributed by atoms with van der Waals surface area (Å²) < 4.78 is 7.95. The fraction of sp³-hybridized carbons (Fsp3) is 0.625. The Morgan fingerprint density at radius 3 is 2.85 bits per heavy atom. The van der Waals surface area contributed by atoms with Crippen LogP contribution in [0.1, 0.15) is 13.3 Å². The van der Waals surface area contributed by atoms with E-state index in [0.29, 0.717) is 12.2 Å². The molecule has 0 heterocycles. The van der Waals surface area contributed by atoms with E-state index in [1.807, 2.05) is 0 Å². The normalized spacial score (nSPS) is 10.0. The molecule has 0 aliphatic rings. The van der Waals surface area contributed by atoms with Crippen LogP contribution in [-0.2, 0) is 9.53 Å². The van der Waals surface area contributed by atoms with Gasteiger partial charge in [0.1, 0.15) is 0 Å². The number of hydrogen-bond acceptors (Lipinski definition) is 4. The van der Waals surface area contributed by atoms with Crippen LogP contribution in [0, 0.1) is 0 Å². The number of carbonyl (C=O) groups is 1. The van der Waals surface area contributed by atoms with Gasteiger partial charge in [-0.2, -0.15) is 0 Å². The van der Waals surface area contributed by atoms with Crippen molar-refractivity contribution in [1.29, 1.82) is 0 Å². The first-order valence-electron chi connectivity index (χ1n) is 3.97. The fourth-order valence-electron chi connectivity index (χ4n) is 0.563. The Morgan fingerprint density at radius 1 is 1.62 bits per heavy atom. The van der Waals surface area contributed by atoms with E-state index in [9.17, 15) is 4.79 Å². The van der Waals surface area contributed by atoms with E-state index in [4.69, 9.17) is 4.74 Å². The number of esters is 1. The second-order valence-corrected chi connectivity index (χ2v) is 4.10. The van der Waals surface area contributed by atoms with Crippen LogP contribution in [0.5, 0.6) is 0 Å². The van der Waals surface area contributed by atoms with E-state index >= 15 is 0 Å². The molecule has 0 rings (SSSR count). The molecule has 0 saturated carbocycles. The zero-order chi connectivity index (χ0) is 10.1. The third kappa shape index (κ3) is 8.20. The van der Waals surface area contributed by atoms with Gasteiger partial charge in [0.25, 0.3) is 0 Å². The van der Waals surface area contributed by atoms with Crippen molar-refractivity contribution in [3.05, 3.63) is 12.2 Å². The number of rotatable bonds is 7. The number of carbonyl (C=O) groups excluding carboxylic acids is 1. The Labute approximate surface area is 89.7 Å². The second-order valence-electron chi connectivity index (χ2n) is 2.48. The molecule has 78 valence electrons. The van der Waals surface area contributed by atoms with Crippen LogP contribution in [0.4, 0.5) is 0 Å². The van der Waals surface area contributed by atoms with Crippen LogP contribution in [-0.4, -0.2) is 24.1 Å². The molecular formula is C8H16IN2O2-. The molecule has 0 amide bonds. The van der Waals surface area contributed by atoms with Crippen LogP contribution in [0.3, 0.4) is 0 Å². The van der Waals surface area contributed by atoms with Crippen LogP contribution in [0.25, 0.3) is 0 Å². The van der Waals surface area contributed by atoms with Crippen LogP contribution in [0.15, 0.2) is 12.2 Å². The summed E-state index contributed by atoms with van der Waals surface area (Å²) in [5, 5.41) is 0. The second kappa shape index (κ2) is 8.46. The van der Waals surface area contributed by atoms with Gasteiger partial charge >= 0.3 is 89.6 Å². The average molecular weight is 299 g/mol. The first kappa shape index (κ1) is 12.9. The fourth-order valence-corrected chi connectivity index (χ4v) is 1.21. The molecule has 0 aromatic heterocycles. The van der Waals surface area contributed by atoms with E-state index in [-0.39, 0.29) is 27.4 Å². The van der Waals surface area contributed by atoms with Crippen molar-refractivity contribution >= 4 is 5.97 Å². The number of ether oxygens (including phenoxy) is 1. The summed E-state index contributed by atoms with van der Waals surface area (Å²) in [4.78, 5) is 13.0. The van der Waals surface area contributed by atoms with Gasteiger partial charge in [0.15, 0.2) is 0 Å². The van der Waals surface area contributed by atoms with Crippen LogP contribution >= 0.6 is 0 Å². The molecule has 0 unspecified atom stereocenters. The van der Waals surface area contributed by atoms with Crippen molar-refractivity contribution in [1.82, 2.24) is 9.06 Å². The van der Waals surface area contributed by atoms with Gasteiger partial charge in [-0.3, -0.25) is 0 Å². The molecule has 2 N–H and O–H groups in total. The Hall–Kier alpha value is -0.140. The van der Waals surface area contributed by atoms with E-state index in [2.05, 4.69) is 20.6 Å². The van der Waals surface area contributed by atoms with Crippen LogP contribution in [0.2, 0.25) is 0 Å². The molecule has 0 atom stereocenters. The standard InChI is InChI=1S/C8H16IN2O2/c1-7(2)8(12)13-6-4-5-10-11-9-3/h10-11H,1,4-6H2,2-3H3/q-1. The number of hydrazine groups is 1. The van der Waals surface area contributed by atoms with E-state index in [0.717, 1.165) is 13.0 Å². The van der Waals surface area contributed by atoms with Crippen molar-refractivity contribution in [2.45, 2.75) is 13.3 Å². The topological polar surface area (TPSA) is 50.4 Å². The molecule has 0 aromatic carbocycles. The molecule has 0 aromatic rings. The SMILES string of the molecule is C=C(C)C(=O)OCCCNN[I-]C. The summed E-state index contributed by atoms with van der Waals surface area (Å²) in [5.41, 5.74) is 3.47. The summed E-state index contributed by atoms with van der Waals surface area (Å²) in [6.07, 6.45) is 0.815. The van der Waals surface area contributed by atoms with Crippen molar-refractivity contribution < 1.29 is 31.0 Å². The Bertz CT molecular complexity index is 174. The summed E-state index contributed by atoms with van der Waals surface area (Å²) in [6.45, 7) is 6.39. The molecule has 0 bridgehead atoms. The molecule has 0 aliphatic carbocycles. The van der Waals surface area contributed by atoms with Gasteiger partial charge in [-0.25, -0.2) is 0 Å². The Kier molecular flexibility index (Phi) is 8.37. The first-order chi connectivity index (χ1) is 6.18. The summed E-state index contributed by atoms with van der Waals surface area (Å²) in [6, 6.07) is 0. The van der Waals surface area contributed by atoms with Gasteiger partial charge < -0.3 is 0 Å². The Balaban J connectivity index is 3.16. The molecule has 5 heteroatoms. The van der Waals surface area contributed by atoms with Gasteiger partial charge in [0.05, 0.1) is 0 Å². The van der Waals surface area contributed by atoms with Crippen molar-refractivity contribution in [2.75, 3.05) is 18.1 Å². The number of nitrogens with one attached hydrogen (secondary N) is 2. The quantitative estimate of drug-likeness (QED) is 0.102. The zero-order valence-corrected chi connectivity index (χ0v) is 10.2. The van der Waals surface area contributed by atoms with Gasteiger partial charge in [0.2, 0.25) is 0 Å². The summed E-state index contributed by atoms with van der Waals surface area (Å²) >= 11 is 0.0788. The third-order valence-electron chi connectivity index (χ3n) is 1.19. The number of hydrogen-bond donors (Lipinski definition) is 2. The molecule has 13 heavy (non-hydrogen) atoms. The van der Waals surface area contributed by atoms with Gasteiger partial charge in [0, 0.05) is 0 Å². The van der Waals surface area contributed by atoms with E-state index in [1.165, 1.54) is 0 Å². The first-order valence-corrected chi connectivity index (χ1v) is 7.21. The van der Waals surface area contributed by atoms with Crippen molar-refractivity contribution in [3.63, 3.8) is 0 Å². The summed E-state index contributed by atoms with van der Waals surface area (Å²) in [5.74, 6) is -0.309. The van der Waals surface area contributed by atoms with Crippen molar-refractivity contribution in [2.24, 2.45) is 0 Å². The molecule has 4 nitrogen and oxygen atoms in total. The predicted molar refractivity (Wildman–Crippen MR) is 47.5 cm³/mol. The summed E-state index contributed by atoms with van der Waals surface area (Å²) in [7, 11) is 0. The average Bonchev–Trinajstić information content (AvgIpc) is 2.10. The third-order valence-corrected chi connectivity index (χ3v) is 2.11. The Morgan fingerprint density at radius 2 is 2.31 bits per heavy atom. The van der Waals surface area contributed by atoms with Crippen molar-refractivity contribution in [3.8, 4) is 0 Å². The maximum absolute atomic E-state index is 10.9. The van der Waals surface area contributed by atoms with Gasteiger partial charge in [-0.15, -0.1) is 0 Å². The molecular weight excluding hydrogens is 283 g/mol. The predicted octanol–water partition coefficient (Wildman–Crippen LogP) is -2.78.